The first-order chi connectivity index (χ1) is 18.9. The van der Waals surface area contributed by atoms with Crippen molar-refractivity contribution in [1.29, 1.82) is 0 Å². The van der Waals surface area contributed by atoms with Crippen LogP contribution in [0.5, 0.6) is 5.75 Å². The van der Waals surface area contributed by atoms with Gasteiger partial charge in [-0.1, -0.05) is 70.4 Å². The minimum atomic E-state index is -0.294. The van der Waals surface area contributed by atoms with Crippen LogP contribution in [0.4, 0.5) is 22.0 Å². The Bertz CT molecular complexity index is 1200. The fourth-order valence-corrected chi connectivity index (χ4v) is 4.02. The van der Waals surface area contributed by atoms with Gasteiger partial charge in [-0.25, -0.2) is 19.9 Å². The van der Waals surface area contributed by atoms with Gasteiger partial charge in [0.15, 0.2) is 0 Å². The van der Waals surface area contributed by atoms with Gasteiger partial charge in [-0.3, -0.25) is 0 Å². The quantitative estimate of drug-likeness (QED) is 0.225. The first-order valence-electron chi connectivity index (χ1n) is 13.3. The number of rotatable bonds is 12. The first-order valence-corrected chi connectivity index (χ1v) is 13.3. The molecule has 0 fully saturated rings. The van der Waals surface area contributed by atoms with Crippen molar-refractivity contribution in [2.75, 3.05) is 25.1 Å². The van der Waals surface area contributed by atoms with Crippen LogP contribution in [0.25, 0.3) is 0 Å². The number of quaternary nitrogens is 1. The van der Waals surface area contributed by atoms with Gasteiger partial charge in [-0.2, -0.15) is 5.48 Å². The van der Waals surface area contributed by atoms with Gasteiger partial charge < -0.3 is 9.64 Å². The Hall–Kier alpha value is -3.94. The van der Waals surface area contributed by atoms with Gasteiger partial charge in [0.1, 0.15) is 5.75 Å². The number of carbonyl (C=O) groups excluding carboxylic acids is 1. The summed E-state index contributed by atoms with van der Waals surface area (Å²) in [5.41, 5.74) is 5.67. The van der Waals surface area contributed by atoms with E-state index < -0.39 is 0 Å². The summed E-state index contributed by atoms with van der Waals surface area (Å²) in [6.45, 7) is 20.3. The SMILES string of the molecule is C=C/C=C(\C=C)CN(CC(/C=C\C)=C/CC)C(=O)N(c1ccc(OC)c(C)c1C)c1ncccc1[NH2+]O.CC. The molecule has 0 saturated heterocycles. The van der Waals surface area contributed by atoms with Crippen molar-refractivity contribution in [3.8, 4) is 5.75 Å². The van der Waals surface area contributed by atoms with Crippen LogP contribution in [-0.4, -0.2) is 41.3 Å². The predicted molar refractivity (Wildman–Crippen MR) is 162 cm³/mol. The summed E-state index contributed by atoms with van der Waals surface area (Å²) in [5, 5.41) is 9.99. The first kappa shape index (κ1) is 33.1. The van der Waals surface area contributed by atoms with Crippen LogP contribution in [0.2, 0.25) is 0 Å². The second-order valence-electron chi connectivity index (χ2n) is 8.43. The van der Waals surface area contributed by atoms with Crippen LogP contribution in [0, 0.1) is 13.8 Å². The summed E-state index contributed by atoms with van der Waals surface area (Å²) in [4.78, 5) is 22.3. The van der Waals surface area contributed by atoms with Crippen molar-refractivity contribution in [2.45, 2.75) is 48.0 Å². The van der Waals surface area contributed by atoms with E-state index >= 15 is 0 Å². The number of anilines is 2. The molecule has 7 nitrogen and oxygen atoms in total. The van der Waals surface area contributed by atoms with Gasteiger partial charge in [0.05, 0.1) is 12.8 Å². The molecule has 0 aliphatic heterocycles. The zero-order chi connectivity index (χ0) is 29.4. The highest BCUT2D eigenvalue weighted by Crippen LogP contribution is 2.36. The van der Waals surface area contributed by atoms with Crippen molar-refractivity contribution in [2.24, 2.45) is 0 Å². The third-order valence-corrected chi connectivity index (χ3v) is 5.99. The van der Waals surface area contributed by atoms with E-state index in [0.29, 0.717) is 30.3 Å². The van der Waals surface area contributed by atoms with E-state index in [1.54, 1.807) is 47.4 Å². The molecule has 0 saturated carbocycles. The number of allylic oxidation sites excluding steroid dienone is 4. The molecular weight excluding hydrogens is 488 g/mol. The third kappa shape index (κ3) is 8.80. The number of ether oxygens (including phenoxy) is 1. The average molecular weight is 534 g/mol. The van der Waals surface area contributed by atoms with Gasteiger partial charge in [-0.15, -0.1) is 0 Å². The zero-order valence-electron chi connectivity index (χ0n) is 24.6. The molecule has 2 rings (SSSR count). The van der Waals surface area contributed by atoms with Crippen LogP contribution >= 0.6 is 0 Å². The van der Waals surface area contributed by atoms with Crippen LogP contribution in [-0.2, 0) is 0 Å². The molecule has 1 heterocycles. The Labute approximate surface area is 234 Å². The molecule has 0 bridgehead atoms. The largest absolute Gasteiger partial charge is 0.496 e. The number of methoxy groups -OCH3 is 1. The van der Waals surface area contributed by atoms with Gasteiger partial charge in [0, 0.05) is 25.4 Å². The molecule has 0 aliphatic rings. The van der Waals surface area contributed by atoms with Crippen LogP contribution in [0.3, 0.4) is 0 Å². The standard InChI is InChI=1S/C30H38N4O3.C2H6/c1-8-13-24(11-4)20-33(21-25(14-9-2)15-10-3)30(35)34(29-26(32-36)16-12-19-31-29)27-17-18-28(37-7)23(6)22(27)5;1-2/h8-9,11-19,32,36H,1,4,10,20-21H2,2-3,5-7H3;1-2H3/p+1/b14-9-,24-13+,25-15+;. The van der Waals surface area contributed by atoms with Crippen molar-refractivity contribution < 1.29 is 20.2 Å². The lowest BCUT2D eigenvalue weighted by Gasteiger charge is -2.32. The van der Waals surface area contributed by atoms with Gasteiger partial charge in [0.2, 0.25) is 11.5 Å². The van der Waals surface area contributed by atoms with Gasteiger partial charge >= 0.3 is 6.03 Å². The number of aromatic nitrogens is 1. The third-order valence-electron chi connectivity index (χ3n) is 5.99. The molecule has 0 radical (unpaired) electrons. The van der Waals surface area contributed by atoms with Crippen LogP contribution < -0.4 is 15.1 Å². The molecule has 1 aromatic carbocycles. The maximum atomic E-state index is 14.5. The van der Waals surface area contributed by atoms with Crippen molar-refractivity contribution in [3.63, 3.8) is 0 Å². The highest BCUT2D eigenvalue weighted by molar-refractivity contribution is 6.01. The van der Waals surface area contributed by atoms with Crippen molar-refractivity contribution in [1.82, 2.24) is 9.88 Å². The number of hydrogen-bond donors (Lipinski definition) is 2. The summed E-state index contributed by atoms with van der Waals surface area (Å²) in [6, 6.07) is 6.82. The Kier molecular flexibility index (Phi) is 14.9. The summed E-state index contributed by atoms with van der Waals surface area (Å²) in [5.74, 6) is 1.05. The lowest BCUT2D eigenvalue weighted by molar-refractivity contribution is -0.825. The molecular formula is C32H45N4O3+. The Morgan fingerprint density at radius 3 is 2.38 bits per heavy atom. The molecule has 2 amide bonds. The van der Waals surface area contributed by atoms with E-state index in [4.69, 9.17) is 4.74 Å². The van der Waals surface area contributed by atoms with Crippen molar-refractivity contribution in [3.05, 3.63) is 102 Å². The van der Waals surface area contributed by atoms with Crippen LogP contribution in [0.1, 0.15) is 45.2 Å². The number of hydrogen-bond acceptors (Lipinski definition) is 4. The Morgan fingerprint density at radius 2 is 1.82 bits per heavy atom. The molecule has 0 spiro atoms. The molecule has 39 heavy (non-hydrogen) atoms. The maximum absolute atomic E-state index is 14.5. The topological polar surface area (TPSA) is 82.5 Å². The van der Waals surface area contributed by atoms with Gasteiger partial charge in [0.25, 0.3) is 0 Å². The zero-order valence-corrected chi connectivity index (χ0v) is 24.6. The van der Waals surface area contributed by atoms with Gasteiger partial charge in [-0.05, 0) is 67.7 Å². The van der Waals surface area contributed by atoms with Crippen molar-refractivity contribution >= 4 is 23.2 Å². The second-order valence-corrected chi connectivity index (χ2v) is 8.43. The Morgan fingerprint density at radius 1 is 1.13 bits per heavy atom. The number of pyridine rings is 1. The van der Waals surface area contributed by atoms with E-state index in [9.17, 15) is 10.0 Å². The number of nitrogens with two attached hydrogens (primary N) is 1. The lowest BCUT2D eigenvalue weighted by Crippen LogP contribution is -2.74. The maximum Gasteiger partial charge on any atom is 0.331 e. The molecule has 7 heteroatoms. The fourth-order valence-electron chi connectivity index (χ4n) is 4.02. The van der Waals surface area contributed by atoms with E-state index in [1.807, 2.05) is 65.0 Å². The number of amides is 2. The van der Waals surface area contributed by atoms with E-state index in [2.05, 4.69) is 31.1 Å². The number of benzene rings is 1. The molecule has 0 unspecified atom stereocenters. The van der Waals surface area contributed by atoms with E-state index in [-0.39, 0.29) is 6.03 Å². The van der Waals surface area contributed by atoms with Crippen LogP contribution in [0.15, 0.2) is 91.2 Å². The summed E-state index contributed by atoms with van der Waals surface area (Å²) in [7, 11) is 1.62. The smallest absolute Gasteiger partial charge is 0.331 e. The second kappa shape index (κ2) is 17.5. The normalized spacial score (nSPS) is 11.5. The predicted octanol–water partition coefficient (Wildman–Crippen LogP) is 7.09. The summed E-state index contributed by atoms with van der Waals surface area (Å²) in [6.07, 6.45) is 13.8. The number of nitrogens with zero attached hydrogens (tertiary/aromatic N) is 3. The fraction of sp³-hybridized carbons (Fsp3) is 0.312. The van der Waals surface area contributed by atoms with E-state index in [0.717, 1.165) is 39.9 Å². The average Bonchev–Trinajstić information content (AvgIpc) is 2.96. The number of carbonyl (C=O) groups is 1. The molecule has 3 N–H and O–H groups in total. The molecule has 210 valence electrons. The summed E-state index contributed by atoms with van der Waals surface area (Å²) < 4.78 is 5.50. The van der Waals surface area contributed by atoms with E-state index in [1.165, 1.54) is 0 Å². The molecule has 0 atom stereocenters. The Balaban J connectivity index is 0.00000371. The minimum absolute atomic E-state index is 0.294. The minimum Gasteiger partial charge on any atom is -0.496 e. The summed E-state index contributed by atoms with van der Waals surface area (Å²) >= 11 is 0. The molecule has 0 aliphatic carbocycles. The molecule has 2 aromatic rings. The number of urea groups is 1. The highest BCUT2D eigenvalue weighted by atomic mass is 16.5. The lowest BCUT2D eigenvalue weighted by atomic mass is 10.1. The molecule has 1 aromatic heterocycles. The monoisotopic (exact) mass is 533 g/mol. The highest BCUT2D eigenvalue weighted by Gasteiger charge is 2.30.